The van der Waals surface area contributed by atoms with Crippen LogP contribution in [0.1, 0.15) is 44.6 Å². The topological polar surface area (TPSA) is 68.3 Å². The summed E-state index contributed by atoms with van der Waals surface area (Å²) in [5.41, 5.74) is 0.919. The predicted molar refractivity (Wildman–Crippen MR) is 82.8 cm³/mol. The molecule has 5 heteroatoms. The second-order valence-electron chi connectivity index (χ2n) is 5.71. The van der Waals surface area contributed by atoms with Gasteiger partial charge in [0, 0.05) is 18.9 Å². The van der Waals surface area contributed by atoms with Gasteiger partial charge in [-0.25, -0.2) is 0 Å². The lowest BCUT2D eigenvalue weighted by atomic mass is 9.79. The summed E-state index contributed by atoms with van der Waals surface area (Å²) in [6, 6.07) is 3.72. The number of nitrogens with one attached hydrogen (secondary N) is 1. The molecule has 0 aliphatic heterocycles. The maximum absolute atomic E-state index is 12.5. The molecular formula is C17H24N2O3. The molecule has 1 atom stereocenters. The van der Waals surface area contributed by atoms with Crippen LogP contribution in [-0.2, 0) is 20.9 Å². The maximum atomic E-state index is 12.5. The summed E-state index contributed by atoms with van der Waals surface area (Å²) in [6.07, 6.45) is 8.58. The number of ether oxygens (including phenoxy) is 1. The minimum Gasteiger partial charge on any atom is -0.465 e. The Labute approximate surface area is 131 Å². The SMILES string of the molecule is CCOC(=O)[C@@H](C(=O)NCc1cccnc1)C1CCCCC1. The minimum atomic E-state index is -0.683. The lowest BCUT2D eigenvalue weighted by Crippen LogP contribution is -2.41. The summed E-state index contributed by atoms with van der Waals surface area (Å²) in [7, 11) is 0. The molecule has 0 spiro atoms. The van der Waals surface area contributed by atoms with Crippen molar-refractivity contribution in [2.75, 3.05) is 6.61 Å². The van der Waals surface area contributed by atoms with E-state index in [1.54, 1.807) is 19.3 Å². The highest BCUT2D eigenvalue weighted by molar-refractivity contribution is 5.98. The number of rotatable bonds is 6. The van der Waals surface area contributed by atoms with Crippen LogP contribution in [0.2, 0.25) is 0 Å². The van der Waals surface area contributed by atoms with E-state index in [9.17, 15) is 9.59 Å². The van der Waals surface area contributed by atoms with E-state index in [4.69, 9.17) is 4.74 Å². The van der Waals surface area contributed by atoms with Gasteiger partial charge in [0.1, 0.15) is 5.92 Å². The molecule has 1 aliphatic rings. The average molecular weight is 304 g/mol. The Morgan fingerprint density at radius 2 is 2.14 bits per heavy atom. The first-order valence-electron chi connectivity index (χ1n) is 8.05. The summed E-state index contributed by atoms with van der Waals surface area (Å²) in [4.78, 5) is 28.7. The molecule has 0 saturated heterocycles. The molecule has 1 N–H and O–H groups in total. The number of hydrogen-bond donors (Lipinski definition) is 1. The van der Waals surface area contributed by atoms with E-state index in [1.165, 1.54) is 6.42 Å². The molecule has 1 aliphatic carbocycles. The molecule has 1 amide bonds. The van der Waals surface area contributed by atoms with Crippen LogP contribution in [0.15, 0.2) is 24.5 Å². The van der Waals surface area contributed by atoms with Gasteiger partial charge in [-0.15, -0.1) is 0 Å². The number of aromatic nitrogens is 1. The number of pyridine rings is 1. The quantitative estimate of drug-likeness (QED) is 0.647. The second kappa shape index (κ2) is 8.51. The fraction of sp³-hybridized carbons (Fsp3) is 0.588. The lowest BCUT2D eigenvalue weighted by Gasteiger charge is -2.27. The highest BCUT2D eigenvalue weighted by Crippen LogP contribution is 2.31. The van der Waals surface area contributed by atoms with Crippen molar-refractivity contribution in [1.82, 2.24) is 10.3 Å². The first kappa shape index (κ1) is 16.5. The van der Waals surface area contributed by atoms with Crippen LogP contribution >= 0.6 is 0 Å². The molecule has 0 aromatic carbocycles. The maximum Gasteiger partial charge on any atom is 0.318 e. The number of hydrogen-bond acceptors (Lipinski definition) is 4. The smallest absolute Gasteiger partial charge is 0.318 e. The summed E-state index contributed by atoms with van der Waals surface area (Å²) >= 11 is 0. The monoisotopic (exact) mass is 304 g/mol. The molecule has 120 valence electrons. The molecule has 1 fully saturated rings. The van der Waals surface area contributed by atoms with Crippen molar-refractivity contribution in [3.63, 3.8) is 0 Å². The Hall–Kier alpha value is -1.91. The van der Waals surface area contributed by atoms with Crippen molar-refractivity contribution < 1.29 is 14.3 Å². The first-order valence-corrected chi connectivity index (χ1v) is 8.05. The molecule has 2 rings (SSSR count). The lowest BCUT2D eigenvalue weighted by molar-refractivity contribution is -0.155. The normalized spacial score (nSPS) is 16.8. The van der Waals surface area contributed by atoms with Crippen molar-refractivity contribution in [1.29, 1.82) is 0 Å². The van der Waals surface area contributed by atoms with Crippen molar-refractivity contribution >= 4 is 11.9 Å². The van der Waals surface area contributed by atoms with E-state index in [1.807, 2.05) is 12.1 Å². The fourth-order valence-corrected chi connectivity index (χ4v) is 3.01. The van der Waals surface area contributed by atoms with Crippen molar-refractivity contribution in [2.45, 2.75) is 45.6 Å². The van der Waals surface area contributed by atoms with Gasteiger partial charge in [-0.1, -0.05) is 25.3 Å². The highest BCUT2D eigenvalue weighted by atomic mass is 16.5. The van der Waals surface area contributed by atoms with Crippen molar-refractivity contribution in [2.24, 2.45) is 11.8 Å². The van der Waals surface area contributed by atoms with Crippen molar-refractivity contribution in [3.8, 4) is 0 Å². The third-order valence-electron chi connectivity index (χ3n) is 4.13. The van der Waals surface area contributed by atoms with Crippen LogP contribution in [0.4, 0.5) is 0 Å². The van der Waals surface area contributed by atoms with E-state index in [0.29, 0.717) is 13.2 Å². The van der Waals surface area contributed by atoms with Gasteiger partial charge in [0.05, 0.1) is 6.61 Å². The third-order valence-corrected chi connectivity index (χ3v) is 4.13. The summed E-state index contributed by atoms with van der Waals surface area (Å²) in [5.74, 6) is -1.20. The number of carbonyl (C=O) groups excluding carboxylic acids is 2. The van der Waals surface area contributed by atoms with Crippen LogP contribution in [-0.4, -0.2) is 23.5 Å². The van der Waals surface area contributed by atoms with Gasteiger partial charge in [-0.05, 0) is 37.3 Å². The molecular weight excluding hydrogens is 280 g/mol. The van der Waals surface area contributed by atoms with Crippen LogP contribution in [0.5, 0.6) is 0 Å². The summed E-state index contributed by atoms with van der Waals surface area (Å²) in [6.45, 7) is 2.45. The Morgan fingerprint density at radius 3 is 2.77 bits per heavy atom. The van der Waals surface area contributed by atoms with E-state index in [-0.39, 0.29) is 11.8 Å². The number of carbonyl (C=O) groups is 2. The predicted octanol–water partition coefficient (Wildman–Crippen LogP) is 2.46. The van der Waals surface area contributed by atoms with Crippen LogP contribution in [0.25, 0.3) is 0 Å². The minimum absolute atomic E-state index is 0.0988. The summed E-state index contributed by atoms with van der Waals surface area (Å²) < 4.78 is 5.12. The van der Waals surface area contributed by atoms with Crippen LogP contribution < -0.4 is 5.32 Å². The molecule has 0 radical (unpaired) electrons. The zero-order valence-corrected chi connectivity index (χ0v) is 13.1. The average Bonchev–Trinajstić information content (AvgIpc) is 2.55. The Kier molecular flexibility index (Phi) is 6.37. The molecule has 5 nitrogen and oxygen atoms in total. The Morgan fingerprint density at radius 1 is 1.36 bits per heavy atom. The zero-order chi connectivity index (χ0) is 15.8. The van der Waals surface area contributed by atoms with E-state index in [0.717, 1.165) is 31.2 Å². The molecule has 1 aromatic rings. The standard InChI is InChI=1S/C17H24N2O3/c1-2-22-17(21)15(14-8-4-3-5-9-14)16(20)19-12-13-7-6-10-18-11-13/h6-7,10-11,14-15H,2-5,8-9,12H2,1H3,(H,19,20)/t15-/m1/s1. The van der Waals surface area contributed by atoms with Crippen LogP contribution in [0, 0.1) is 11.8 Å². The molecule has 1 heterocycles. The highest BCUT2D eigenvalue weighted by Gasteiger charge is 2.36. The van der Waals surface area contributed by atoms with Crippen LogP contribution in [0.3, 0.4) is 0 Å². The first-order chi connectivity index (χ1) is 10.7. The molecule has 1 saturated carbocycles. The zero-order valence-electron chi connectivity index (χ0n) is 13.1. The van der Waals surface area contributed by atoms with Gasteiger partial charge in [0.15, 0.2) is 0 Å². The van der Waals surface area contributed by atoms with Gasteiger partial charge in [-0.3, -0.25) is 14.6 Å². The number of esters is 1. The second-order valence-corrected chi connectivity index (χ2v) is 5.71. The largest absolute Gasteiger partial charge is 0.465 e. The van der Waals surface area contributed by atoms with Gasteiger partial charge in [-0.2, -0.15) is 0 Å². The van der Waals surface area contributed by atoms with E-state index >= 15 is 0 Å². The molecule has 0 unspecified atom stereocenters. The van der Waals surface area contributed by atoms with Crippen molar-refractivity contribution in [3.05, 3.63) is 30.1 Å². The number of amides is 1. The van der Waals surface area contributed by atoms with Gasteiger partial charge in [0.2, 0.25) is 5.91 Å². The van der Waals surface area contributed by atoms with E-state index in [2.05, 4.69) is 10.3 Å². The fourth-order valence-electron chi connectivity index (χ4n) is 3.01. The Bertz CT molecular complexity index is 484. The molecule has 1 aromatic heterocycles. The molecule has 22 heavy (non-hydrogen) atoms. The third kappa shape index (κ3) is 4.55. The van der Waals surface area contributed by atoms with E-state index < -0.39 is 11.9 Å². The molecule has 0 bridgehead atoms. The van der Waals surface area contributed by atoms with Gasteiger partial charge < -0.3 is 10.1 Å². The summed E-state index contributed by atoms with van der Waals surface area (Å²) in [5, 5.41) is 2.86. The number of nitrogens with zero attached hydrogens (tertiary/aromatic N) is 1. The van der Waals surface area contributed by atoms with Gasteiger partial charge in [0.25, 0.3) is 0 Å². The Balaban J connectivity index is 1.99. The van der Waals surface area contributed by atoms with Gasteiger partial charge >= 0.3 is 5.97 Å².